The molecule has 0 amide bonds. The third kappa shape index (κ3) is 1.92. The number of nitrogens with two attached hydrogens (primary N) is 1. The van der Waals surface area contributed by atoms with Gasteiger partial charge in [-0.25, -0.2) is 0 Å². The number of nitrogens with zero attached hydrogens (tertiary/aromatic N) is 3. The van der Waals surface area contributed by atoms with Crippen LogP contribution in [0, 0.1) is 10.1 Å². The van der Waals surface area contributed by atoms with E-state index in [9.17, 15) is 10.1 Å². The minimum atomic E-state index is -0.415. The maximum absolute atomic E-state index is 10.8. The van der Waals surface area contributed by atoms with Crippen LogP contribution in [-0.4, -0.2) is 14.7 Å². The Kier molecular flexibility index (Phi) is 3.01. The predicted octanol–water partition coefficient (Wildman–Crippen LogP) is 2.14. The van der Waals surface area contributed by atoms with Crippen molar-refractivity contribution in [1.82, 2.24) is 9.78 Å². The monoisotopic (exact) mass is 246 g/mol. The molecule has 0 spiro atoms. The number of anilines is 1. The van der Waals surface area contributed by atoms with Crippen LogP contribution < -0.4 is 5.73 Å². The molecule has 6 nitrogen and oxygen atoms in total. The largest absolute Gasteiger partial charge is 0.384 e. The summed E-state index contributed by atoms with van der Waals surface area (Å²) in [5.41, 5.74) is 8.31. The van der Waals surface area contributed by atoms with Crippen LogP contribution in [0.1, 0.15) is 12.5 Å². The van der Waals surface area contributed by atoms with Crippen LogP contribution in [0.25, 0.3) is 11.3 Å². The summed E-state index contributed by atoms with van der Waals surface area (Å²) in [4.78, 5) is 10.4. The van der Waals surface area contributed by atoms with E-state index in [0.29, 0.717) is 17.1 Å². The molecule has 0 atom stereocenters. The van der Waals surface area contributed by atoms with Gasteiger partial charge < -0.3 is 5.73 Å². The Morgan fingerprint density at radius 3 is 2.83 bits per heavy atom. The Bertz CT molecular complexity index is 604. The molecule has 1 heterocycles. The summed E-state index contributed by atoms with van der Waals surface area (Å²) in [6.07, 6.45) is 0.734. The Morgan fingerprint density at radius 1 is 1.50 bits per heavy atom. The van der Waals surface area contributed by atoms with Gasteiger partial charge >= 0.3 is 0 Å². The van der Waals surface area contributed by atoms with E-state index in [0.717, 1.165) is 12.0 Å². The van der Waals surface area contributed by atoms with Crippen molar-refractivity contribution >= 4 is 11.5 Å². The van der Waals surface area contributed by atoms with Crippen molar-refractivity contribution in [2.45, 2.75) is 13.3 Å². The summed E-state index contributed by atoms with van der Waals surface area (Å²) in [6.45, 7) is 1.98. The molecule has 0 saturated heterocycles. The minimum absolute atomic E-state index is 0.0544. The van der Waals surface area contributed by atoms with Gasteiger partial charge in [-0.3, -0.25) is 14.8 Å². The number of aryl methyl sites for hydroxylation is 1. The summed E-state index contributed by atoms with van der Waals surface area (Å²) >= 11 is 0. The lowest BCUT2D eigenvalue weighted by atomic mass is 10.1. The van der Waals surface area contributed by atoms with Gasteiger partial charge in [0.25, 0.3) is 5.69 Å². The first kappa shape index (κ1) is 12.1. The summed E-state index contributed by atoms with van der Waals surface area (Å²) in [5, 5.41) is 15.1. The van der Waals surface area contributed by atoms with E-state index in [-0.39, 0.29) is 5.69 Å². The Hall–Kier alpha value is -2.37. The fourth-order valence-corrected chi connectivity index (χ4v) is 1.93. The van der Waals surface area contributed by atoms with E-state index in [2.05, 4.69) is 5.10 Å². The van der Waals surface area contributed by atoms with E-state index in [1.807, 2.05) is 6.92 Å². The quantitative estimate of drug-likeness (QED) is 0.664. The molecule has 0 aliphatic heterocycles. The third-order valence-corrected chi connectivity index (χ3v) is 2.88. The lowest BCUT2D eigenvalue weighted by molar-refractivity contribution is -0.384. The van der Waals surface area contributed by atoms with Crippen LogP contribution >= 0.6 is 0 Å². The molecule has 0 unspecified atom stereocenters. The number of nitro benzene ring substituents is 1. The highest BCUT2D eigenvalue weighted by Crippen LogP contribution is 2.29. The second-order valence-corrected chi connectivity index (χ2v) is 4.00. The van der Waals surface area contributed by atoms with E-state index in [1.165, 1.54) is 12.1 Å². The highest BCUT2D eigenvalue weighted by Gasteiger charge is 2.16. The standard InChI is InChI=1S/C12H14N4O2/c1-3-10-11(14-15(2)12(10)13)8-5-4-6-9(7-8)16(17)18/h4-7H,3,13H2,1-2H3. The van der Waals surface area contributed by atoms with Crippen LogP contribution in [0.5, 0.6) is 0 Å². The molecular formula is C12H14N4O2. The molecular weight excluding hydrogens is 232 g/mol. The van der Waals surface area contributed by atoms with Crippen LogP contribution in [-0.2, 0) is 13.5 Å². The maximum atomic E-state index is 10.8. The first-order valence-electron chi connectivity index (χ1n) is 5.60. The van der Waals surface area contributed by atoms with Gasteiger partial charge in [-0.2, -0.15) is 5.10 Å². The van der Waals surface area contributed by atoms with Crippen LogP contribution in [0.3, 0.4) is 0 Å². The zero-order valence-corrected chi connectivity index (χ0v) is 10.3. The molecule has 0 aliphatic rings. The van der Waals surface area contributed by atoms with Gasteiger partial charge in [-0.05, 0) is 6.42 Å². The molecule has 0 radical (unpaired) electrons. The Morgan fingerprint density at radius 2 is 2.22 bits per heavy atom. The highest BCUT2D eigenvalue weighted by atomic mass is 16.6. The number of hydrogen-bond donors (Lipinski definition) is 1. The van der Waals surface area contributed by atoms with Gasteiger partial charge in [0, 0.05) is 30.3 Å². The molecule has 2 aromatic rings. The zero-order valence-electron chi connectivity index (χ0n) is 10.3. The van der Waals surface area contributed by atoms with Crippen molar-refractivity contribution in [1.29, 1.82) is 0 Å². The van der Waals surface area contributed by atoms with Gasteiger partial charge in [-0.15, -0.1) is 0 Å². The number of hydrogen-bond acceptors (Lipinski definition) is 4. The first-order chi connectivity index (χ1) is 8.54. The normalized spacial score (nSPS) is 10.6. The van der Waals surface area contributed by atoms with Crippen LogP contribution in [0.15, 0.2) is 24.3 Å². The van der Waals surface area contributed by atoms with E-state index < -0.39 is 4.92 Å². The predicted molar refractivity (Wildman–Crippen MR) is 69.1 cm³/mol. The van der Waals surface area contributed by atoms with E-state index >= 15 is 0 Å². The van der Waals surface area contributed by atoms with Gasteiger partial charge in [0.2, 0.25) is 0 Å². The summed E-state index contributed by atoms with van der Waals surface area (Å²) in [7, 11) is 1.76. The molecule has 1 aromatic carbocycles. The number of benzene rings is 1. The summed E-state index contributed by atoms with van der Waals surface area (Å²) < 4.78 is 1.59. The van der Waals surface area contributed by atoms with Crippen molar-refractivity contribution < 1.29 is 4.92 Å². The molecule has 0 bridgehead atoms. The number of rotatable bonds is 3. The summed E-state index contributed by atoms with van der Waals surface area (Å²) in [5.74, 6) is 0.596. The van der Waals surface area contributed by atoms with Crippen molar-refractivity contribution in [2.75, 3.05) is 5.73 Å². The molecule has 0 fully saturated rings. The number of nitro groups is 1. The molecule has 6 heteroatoms. The molecule has 1 aromatic heterocycles. The molecule has 0 saturated carbocycles. The van der Waals surface area contributed by atoms with Gasteiger partial charge in [0.15, 0.2) is 0 Å². The van der Waals surface area contributed by atoms with Crippen molar-refractivity contribution in [3.05, 3.63) is 39.9 Å². The van der Waals surface area contributed by atoms with Crippen molar-refractivity contribution in [2.24, 2.45) is 7.05 Å². The van der Waals surface area contributed by atoms with Gasteiger partial charge in [-0.1, -0.05) is 19.1 Å². The van der Waals surface area contributed by atoms with Crippen LogP contribution in [0.4, 0.5) is 11.5 Å². The zero-order chi connectivity index (χ0) is 13.3. The van der Waals surface area contributed by atoms with Crippen LogP contribution in [0.2, 0.25) is 0 Å². The molecule has 94 valence electrons. The maximum Gasteiger partial charge on any atom is 0.270 e. The number of aromatic nitrogens is 2. The lowest BCUT2D eigenvalue weighted by Crippen LogP contribution is -1.98. The van der Waals surface area contributed by atoms with Gasteiger partial charge in [0.1, 0.15) is 5.82 Å². The Balaban J connectivity index is 2.58. The minimum Gasteiger partial charge on any atom is -0.384 e. The Labute approximate surface area is 104 Å². The number of nitrogen functional groups attached to an aromatic ring is 1. The highest BCUT2D eigenvalue weighted by molar-refractivity contribution is 5.70. The second kappa shape index (κ2) is 4.48. The fraction of sp³-hybridized carbons (Fsp3) is 0.250. The van der Waals surface area contributed by atoms with Crippen molar-refractivity contribution in [3.63, 3.8) is 0 Å². The molecule has 2 rings (SSSR count). The number of non-ortho nitro benzene ring substituents is 1. The molecule has 2 N–H and O–H groups in total. The van der Waals surface area contributed by atoms with E-state index in [1.54, 1.807) is 23.9 Å². The third-order valence-electron chi connectivity index (χ3n) is 2.88. The van der Waals surface area contributed by atoms with Crippen molar-refractivity contribution in [3.8, 4) is 11.3 Å². The first-order valence-corrected chi connectivity index (χ1v) is 5.60. The molecule has 18 heavy (non-hydrogen) atoms. The average molecular weight is 246 g/mol. The smallest absolute Gasteiger partial charge is 0.270 e. The SMILES string of the molecule is CCc1c(-c2cccc([N+](=O)[O-])c2)nn(C)c1N. The summed E-state index contributed by atoms with van der Waals surface area (Å²) in [6, 6.07) is 6.42. The van der Waals surface area contributed by atoms with Gasteiger partial charge in [0.05, 0.1) is 10.6 Å². The fourth-order valence-electron chi connectivity index (χ4n) is 1.93. The second-order valence-electron chi connectivity index (χ2n) is 4.00. The average Bonchev–Trinajstić information content (AvgIpc) is 2.65. The lowest BCUT2D eigenvalue weighted by Gasteiger charge is -2.00. The topological polar surface area (TPSA) is 87.0 Å². The molecule has 0 aliphatic carbocycles. The van der Waals surface area contributed by atoms with E-state index in [4.69, 9.17) is 5.73 Å².